The molecule has 0 radical (unpaired) electrons. The predicted octanol–water partition coefficient (Wildman–Crippen LogP) is 6.04. The molecule has 184 valence electrons. The van der Waals surface area contributed by atoms with Gasteiger partial charge in [0, 0.05) is 28.2 Å². The molecule has 7 heteroatoms. The molecule has 0 saturated heterocycles. The highest BCUT2D eigenvalue weighted by Crippen LogP contribution is 2.61. The Hall–Kier alpha value is -3.92. The quantitative estimate of drug-likeness (QED) is 0.348. The van der Waals surface area contributed by atoms with Crippen LogP contribution >= 0.6 is 0 Å². The van der Waals surface area contributed by atoms with Gasteiger partial charge in [-0.15, -0.1) is 0 Å². The lowest BCUT2D eigenvalue weighted by Gasteiger charge is -2.56. The van der Waals surface area contributed by atoms with Crippen LogP contribution in [-0.2, 0) is 5.41 Å². The Labute approximate surface area is 212 Å². The Kier molecular flexibility index (Phi) is 4.84. The van der Waals surface area contributed by atoms with Crippen LogP contribution in [0.1, 0.15) is 49.7 Å². The van der Waals surface area contributed by atoms with Crippen molar-refractivity contribution in [3.8, 4) is 28.5 Å². The molecule has 5 nitrogen and oxygen atoms in total. The van der Waals surface area contributed by atoms with Crippen molar-refractivity contribution in [2.24, 2.45) is 17.8 Å². The van der Waals surface area contributed by atoms with Crippen LogP contribution in [0.25, 0.3) is 28.0 Å². The average molecular weight is 495 g/mol. The maximum absolute atomic E-state index is 14.5. The molecular formula is C30H24F2N4O. The molecule has 4 aliphatic carbocycles. The number of halogens is 2. The predicted molar refractivity (Wildman–Crippen MR) is 135 cm³/mol. The van der Waals surface area contributed by atoms with Crippen LogP contribution < -0.4 is 5.56 Å². The van der Waals surface area contributed by atoms with Crippen molar-refractivity contribution in [2.45, 2.75) is 43.9 Å². The molecular weight excluding hydrogens is 470 g/mol. The van der Waals surface area contributed by atoms with E-state index in [1.807, 2.05) is 12.1 Å². The summed E-state index contributed by atoms with van der Waals surface area (Å²) in [6.07, 6.45) is 8.16. The van der Waals surface area contributed by atoms with Gasteiger partial charge >= 0.3 is 0 Å². The van der Waals surface area contributed by atoms with Crippen LogP contribution in [0.3, 0.4) is 0 Å². The van der Waals surface area contributed by atoms with Gasteiger partial charge < -0.3 is 0 Å². The minimum Gasteiger partial charge on any atom is -0.267 e. The monoisotopic (exact) mass is 494 g/mol. The summed E-state index contributed by atoms with van der Waals surface area (Å²) in [5, 5.41) is 13.7. The van der Waals surface area contributed by atoms with E-state index in [2.05, 4.69) is 11.2 Å². The van der Waals surface area contributed by atoms with Crippen molar-refractivity contribution in [3.05, 3.63) is 87.8 Å². The SMILES string of the molecule is N#Cc1ccc(-c2nc3cc(-c4ccc(F)cc4F)cnn3c(=O)c2C23CC4CC(CC(C4)C2)C3)cc1. The Morgan fingerprint density at radius 1 is 0.919 bits per heavy atom. The summed E-state index contributed by atoms with van der Waals surface area (Å²) >= 11 is 0. The molecule has 4 aliphatic rings. The maximum Gasteiger partial charge on any atom is 0.278 e. The van der Waals surface area contributed by atoms with Gasteiger partial charge in [0.25, 0.3) is 5.56 Å². The number of fused-ring (bicyclic) bond motifs is 1. The standard InChI is InChI=1S/C30H24F2N4O/c31-23-5-6-24(25(32)11-23)22-10-26-35-28(21-3-1-17(15-33)2-4-21)27(29(37)36(26)34-16-22)30-12-18-7-19(13-30)9-20(8-18)14-30/h1-6,10-11,16,18-20H,7-9,12-14H2. The summed E-state index contributed by atoms with van der Waals surface area (Å²) in [5.74, 6) is 0.546. The minimum atomic E-state index is -0.703. The number of benzene rings is 2. The van der Waals surface area contributed by atoms with E-state index in [4.69, 9.17) is 4.98 Å². The number of nitriles is 1. The molecule has 4 aromatic rings. The number of nitrogens with zero attached hydrogens (tertiary/aromatic N) is 4. The van der Waals surface area contributed by atoms with Crippen molar-refractivity contribution >= 4 is 5.65 Å². The summed E-state index contributed by atoms with van der Waals surface area (Å²) < 4.78 is 29.3. The molecule has 8 rings (SSSR count). The van der Waals surface area contributed by atoms with E-state index in [9.17, 15) is 18.8 Å². The van der Waals surface area contributed by atoms with Crippen LogP contribution in [0.4, 0.5) is 8.78 Å². The first-order valence-electron chi connectivity index (χ1n) is 12.8. The average Bonchev–Trinajstić information content (AvgIpc) is 2.87. The first-order valence-corrected chi connectivity index (χ1v) is 12.8. The number of hydrogen-bond acceptors (Lipinski definition) is 4. The van der Waals surface area contributed by atoms with Crippen LogP contribution in [0.15, 0.2) is 59.5 Å². The van der Waals surface area contributed by atoms with Crippen LogP contribution in [0, 0.1) is 40.7 Å². The molecule has 2 aromatic carbocycles. The van der Waals surface area contributed by atoms with Crippen LogP contribution in [0.2, 0.25) is 0 Å². The van der Waals surface area contributed by atoms with Gasteiger partial charge in [-0.05, 0) is 86.6 Å². The third kappa shape index (κ3) is 3.50. The molecule has 0 spiro atoms. The molecule has 4 bridgehead atoms. The molecule has 2 heterocycles. The Bertz CT molecular complexity index is 1630. The summed E-state index contributed by atoms with van der Waals surface area (Å²) in [6.45, 7) is 0. The van der Waals surface area contributed by atoms with Crippen molar-refractivity contribution in [1.82, 2.24) is 14.6 Å². The minimum absolute atomic E-state index is 0.183. The smallest absolute Gasteiger partial charge is 0.267 e. The summed E-state index contributed by atoms with van der Waals surface area (Å²) in [4.78, 5) is 19.2. The maximum atomic E-state index is 14.5. The zero-order valence-electron chi connectivity index (χ0n) is 20.1. The number of rotatable bonds is 3. The summed E-state index contributed by atoms with van der Waals surface area (Å²) in [7, 11) is 0. The zero-order chi connectivity index (χ0) is 25.3. The second-order valence-electron chi connectivity index (χ2n) is 11.2. The van der Waals surface area contributed by atoms with E-state index in [0.29, 0.717) is 40.2 Å². The van der Waals surface area contributed by atoms with Crippen molar-refractivity contribution < 1.29 is 8.78 Å². The Morgan fingerprint density at radius 3 is 2.22 bits per heavy atom. The summed E-state index contributed by atoms with van der Waals surface area (Å²) in [6, 6.07) is 14.3. The fraction of sp³-hybridized carbons (Fsp3) is 0.333. The molecule has 4 saturated carbocycles. The van der Waals surface area contributed by atoms with E-state index < -0.39 is 11.6 Å². The molecule has 37 heavy (non-hydrogen) atoms. The second-order valence-corrected chi connectivity index (χ2v) is 11.2. The van der Waals surface area contributed by atoms with Crippen molar-refractivity contribution in [3.63, 3.8) is 0 Å². The third-order valence-electron chi connectivity index (χ3n) is 8.78. The Balaban J connectivity index is 1.47. The van der Waals surface area contributed by atoms with E-state index in [1.165, 1.54) is 42.1 Å². The van der Waals surface area contributed by atoms with E-state index in [-0.39, 0.29) is 16.5 Å². The lowest BCUT2D eigenvalue weighted by Crippen LogP contribution is -2.51. The first kappa shape index (κ1) is 22.3. The van der Waals surface area contributed by atoms with Crippen LogP contribution in [0.5, 0.6) is 0 Å². The van der Waals surface area contributed by atoms with E-state index >= 15 is 0 Å². The van der Waals surface area contributed by atoms with Gasteiger partial charge in [-0.2, -0.15) is 14.9 Å². The van der Waals surface area contributed by atoms with E-state index in [0.717, 1.165) is 36.5 Å². The molecule has 0 N–H and O–H groups in total. The fourth-order valence-corrected chi connectivity index (χ4v) is 7.71. The largest absolute Gasteiger partial charge is 0.278 e. The topological polar surface area (TPSA) is 71.1 Å². The van der Waals surface area contributed by atoms with Crippen LogP contribution in [-0.4, -0.2) is 14.6 Å². The first-order chi connectivity index (χ1) is 17.9. The summed E-state index contributed by atoms with van der Waals surface area (Å²) in [5.41, 5.74) is 3.16. The molecule has 2 aromatic heterocycles. The highest BCUT2D eigenvalue weighted by Gasteiger charge is 2.53. The van der Waals surface area contributed by atoms with Gasteiger partial charge in [0.15, 0.2) is 5.65 Å². The molecule has 0 unspecified atom stereocenters. The second kappa shape index (κ2) is 8.04. The Morgan fingerprint density at radius 2 is 1.59 bits per heavy atom. The van der Waals surface area contributed by atoms with E-state index in [1.54, 1.807) is 18.2 Å². The van der Waals surface area contributed by atoms with Gasteiger partial charge in [0.2, 0.25) is 0 Å². The molecule has 0 amide bonds. The van der Waals surface area contributed by atoms with Gasteiger partial charge in [-0.1, -0.05) is 12.1 Å². The third-order valence-corrected chi connectivity index (χ3v) is 8.78. The highest BCUT2D eigenvalue weighted by molar-refractivity contribution is 5.71. The number of hydrogen-bond donors (Lipinski definition) is 0. The van der Waals surface area contributed by atoms with Crippen molar-refractivity contribution in [1.29, 1.82) is 5.26 Å². The highest BCUT2D eigenvalue weighted by atomic mass is 19.1. The molecule has 0 aliphatic heterocycles. The molecule has 0 atom stereocenters. The van der Waals surface area contributed by atoms with Crippen molar-refractivity contribution in [2.75, 3.05) is 0 Å². The molecule has 4 fully saturated rings. The van der Waals surface area contributed by atoms with Gasteiger partial charge in [-0.3, -0.25) is 4.79 Å². The fourth-order valence-electron chi connectivity index (χ4n) is 7.71. The normalized spacial score (nSPS) is 25.9. The lowest BCUT2D eigenvalue weighted by molar-refractivity contribution is -0.00578. The van der Waals surface area contributed by atoms with Gasteiger partial charge in [0.05, 0.1) is 29.1 Å². The number of aromatic nitrogens is 3. The van der Waals surface area contributed by atoms with Gasteiger partial charge in [0.1, 0.15) is 11.6 Å². The zero-order valence-corrected chi connectivity index (χ0v) is 20.1. The lowest BCUT2D eigenvalue weighted by atomic mass is 9.48. The van der Waals surface area contributed by atoms with Gasteiger partial charge in [-0.25, -0.2) is 13.8 Å².